The quantitative estimate of drug-likeness (QED) is 0.499. The van der Waals surface area contributed by atoms with Gasteiger partial charge < -0.3 is 14.3 Å². The van der Waals surface area contributed by atoms with Gasteiger partial charge in [-0.3, -0.25) is 0 Å². The molecular weight excluding hydrogens is 361 g/mol. The molecule has 1 aliphatic rings. The van der Waals surface area contributed by atoms with Crippen molar-refractivity contribution in [2.45, 2.75) is 38.6 Å². The van der Waals surface area contributed by atoms with Crippen LogP contribution in [0.25, 0.3) is 22.6 Å². The Balaban J connectivity index is 1.37. The molecule has 1 saturated carbocycles. The van der Waals surface area contributed by atoms with Gasteiger partial charge in [-0.15, -0.1) is 0 Å². The van der Waals surface area contributed by atoms with Crippen LogP contribution in [0, 0.1) is 13.0 Å². The van der Waals surface area contributed by atoms with Gasteiger partial charge in [-0.2, -0.15) is 19.3 Å². The summed E-state index contributed by atoms with van der Waals surface area (Å²) in [6.45, 7) is 3.77. The predicted octanol–water partition coefficient (Wildman–Crippen LogP) is 4.77. The van der Waals surface area contributed by atoms with E-state index in [1.165, 1.54) is 0 Å². The van der Waals surface area contributed by atoms with Crippen LogP contribution in [0.5, 0.6) is 0 Å². The van der Waals surface area contributed by atoms with E-state index in [0.29, 0.717) is 28.8 Å². The van der Waals surface area contributed by atoms with Gasteiger partial charge in [0.25, 0.3) is 5.89 Å². The highest BCUT2D eigenvalue weighted by atomic mass is 19.1. The number of hydrogen-bond donors (Lipinski definition) is 1. The van der Waals surface area contributed by atoms with E-state index in [2.05, 4.69) is 25.4 Å². The van der Waals surface area contributed by atoms with Crippen molar-refractivity contribution >= 4 is 16.9 Å². The number of benzene rings is 1. The summed E-state index contributed by atoms with van der Waals surface area (Å²) < 4.78 is 24.5. The van der Waals surface area contributed by atoms with Crippen LogP contribution < -0.4 is 5.32 Å². The zero-order valence-corrected chi connectivity index (χ0v) is 15.4. The third-order valence-corrected chi connectivity index (χ3v) is 4.88. The number of halogens is 1. The number of aryl methyl sites for hydroxylation is 1. The smallest absolute Gasteiger partial charge is 0.313 e. The lowest BCUT2D eigenvalue weighted by Crippen LogP contribution is -2.09. The summed E-state index contributed by atoms with van der Waals surface area (Å²) in [5.74, 6) is 2.83. The minimum absolute atomic E-state index is 0.105. The maximum Gasteiger partial charge on any atom is 0.313 e. The molecule has 1 atom stereocenters. The van der Waals surface area contributed by atoms with Crippen molar-refractivity contribution in [3.8, 4) is 11.5 Å². The Kier molecular flexibility index (Phi) is 3.85. The van der Waals surface area contributed by atoms with Crippen molar-refractivity contribution < 1.29 is 13.3 Å². The first kappa shape index (κ1) is 16.9. The molecule has 0 aliphatic heterocycles. The van der Waals surface area contributed by atoms with Gasteiger partial charge in [0, 0.05) is 17.5 Å². The molecule has 0 amide bonds. The van der Waals surface area contributed by atoms with E-state index in [-0.39, 0.29) is 11.8 Å². The van der Waals surface area contributed by atoms with Gasteiger partial charge in [-0.05, 0) is 50.5 Å². The second kappa shape index (κ2) is 6.40. The van der Waals surface area contributed by atoms with Crippen molar-refractivity contribution in [1.29, 1.82) is 0 Å². The first-order chi connectivity index (χ1) is 13.6. The lowest BCUT2D eigenvalue weighted by atomic mass is 10.1. The number of anilines is 1. The largest absolute Gasteiger partial charge is 0.443 e. The van der Waals surface area contributed by atoms with Crippen LogP contribution in [-0.4, -0.2) is 20.1 Å². The van der Waals surface area contributed by atoms with E-state index < -0.39 is 6.08 Å². The molecule has 1 unspecified atom stereocenters. The number of rotatable bonds is 5. The van der Waals surface area contributed by atoms with E-state index in [1.54, 1.807) is 13.0 Å². The second-order valence-corrected chi connectivity index (χ2v) is 7.14. The monoisotopic (exact) mass is 379 g/mol. The number of hydrogen-bond acceptors (Lipinski definition) is 7. The summed E-state index contributed by atoms with van der Waals surface area (Å²) in [4.78, 5) is 12.1. The normalized spacial score (nSPS) is 15.1. The third-order valence-electron chi connectivity index (χ3n) is 4.88. The Morgan fingerprint density at radius 3 is 2.68 bits per heavy atom. The highest BCUT2D eigenvalue weighted by Gasteiger charge is 2.29. The van der Waals surface area contributed by atoms with Gasteiger partial charge in [0.05, 0.1) is 5.39 Å². The lowest BCUT2D eigenvalue weighted by Gasteiger charge is -2.15. The van der Waals surface area contributed by atoms with Crippen molar-refractivity contribution in [2.24, 2.45) is 0 Å². The molecule has 1 N–H and O–H groups in total. The predicted molar refractivity (Wildman–Crippen MR) is 100 cm³/mol. The van der Waals surface area contributed by atoms with Gasteiger partial charge in [-0.25, -0.2) is 0 Å². The summed E-state index contributed by atoms with van der Waals surface area (Å²) in [5, 5.41) is 7.94. The fraction of sp³-hybridized carbons (Fsp3) is 0.300. The summed E-state index contributed by atoms with van der Waals surface area (Å²) >= 11 is 0. The Bertz CT molecular complexity index is 1150. The SMILES string of the molecule is Cc1cc2c(NC(C)c3ccc(-c4nc(C5CC5)no4)cc3)nc(F)nc2o1. The van der Waals surface area contributed by atoms with Crippen molar-refractivity contribution in [3.05, 3.63) is 53.6 Å². The Labute approximate surface area is 160 Å². The molecule has 3 heterocycles. The Morgan fingerprint density at radius 1 is 1.14 bits per heavy atom. The van der Waals surface area contributed by atoms with Crippen molar-refractivity contribution in [3.63, 3.8) is 0 Å². The molecule has 1 aliphatic carbocycles. The fourth-order valence-electron chi connectivity index (χ4n) is 3.19. The van der Waals surface area contributed by atoms with Crippen LogP contribution in [0.2, 0.25) is 0 Å². The van der Waals surface area contributed by atoms with E-state index in [0.717, 1.165) is 29.8 Å². The second-order valence-electron chi connectivity index (χ2n) is 7.14. The van der Waals surface area contributed by atoms with Crippen LogP contribution >= 0.6 is 0 Å². The fourth-order valence-corrected chi connectivity index (χ4v) is 3.19. The molecule has 28 heavy (non-hydrogen) atoms. The minimum atomic E-state index is -0.824. The van der Waals surface area contributed by atoms with E-state index in [1.807, 2.05) is 31.2 Å². The average molecular weight is 379 g/mol. The molecule has 0 spiro atoms. The zero-order valence-electron chi connectivity index (χ0n) is 15.4. The van der Waals surface area contributed by atoms with Crippen LogP contribution in [-0.2, 0) is 0 Å². The van der Waals surface area contributed by atoms with Gasteiger partial charge in [0.1, 0.15) is 11.6 Å². The van der Waals surface area contributed by atoms with Crippen molar-refractivity contribution in [1.82, 2.24) is 20.1 Å². The Hall–Kier alpha value is -3.29. The summed E-state index contributed by atoms with van der Waals surface area (Å²) in [6.07, 6.45) is 1.44. The maximum absolute atomic E-state index is 13.7. The summed E-state index contributed by atoms with van der Waals surface area (Å²) in [5.41, 5.74) is 2.12. The van der Waals surface area contributed by atoms with Gasteiger partial charge in [0.15, 0.2) is 5.82 Å². The molecule has 8 heteroatoms. The van der Waals surface area contributed by atoms with E-state index >= 15 is 0 Å². The molecule has 0 radical (unpaired) electrons. The molecule has 5 rings (SSSR count). The highest BCUT2D eigenvalue weighted by molar-refractivity contribution is 5.86. The van der Waals surface area contributed by atoms with E-state index in [4.69, 9.17) is 8.94 Å². The van der Waals surface area contributed by atoms with Crippen LogP contribution in [0.1, 0.15) is 48.9 Å². The van der Waals surface area contributed by atoms with Crippen LogP contribution in [0.3, 0.4) is 0 Å². The molecule has 7 nitrogen and oxygen atoms in total. The molecule has 142 valence electrons. The molecule has 0 bridgehead atoms. The van der Waals surface area contributed by atoms with Crippen LogP contribution in [0.15, 0.2) is 39.3 Å². The maximum atomic E-state index is 13.7. The van der Waals surface area contributed by atoms with Crippen LogP contribution in [0.4, 0.5) is 10.2 Å². The lowest BCUT2D eigenvalue weighted by molar-refractivity contribution is 0.422. The van der Waals surface area contributed by atoms with E-state index in [9.17, 15) is 4.39 Å². The standard InChI is InChI=1S/C20H18FN5O2/c1-10-9-15-17(24-20(21)25-19(15)27-10)22-11(2)12-3-7-14(8-4-12)18-23-16(26-28-18)13-5-6-13/h3-4,7-9,11,13H,5-6H2,1-2H3,(H,22,24,25). The molecule has 1 aromatic carbocycles. The first-order valence-corrected chi connectivity index (χ1v) is 9.21. The molecule has 0 saturated heterocycles. The van der Waals surface area contributed by atoms with Gasteiger partial charge in [0.2, 0.25) is 5.71 Å². The average Bonchev–Trinajstić information content (AvgIpc) is 3.28. The van der Waals surface area contributed by atoms with Crippen molar-refractivity contribution in [2.75, 3.05) is 5.32 Å². The minimum Gasteiger partial charge on any atom is -0.443 e. The number of furan rings is 1. The van der Waals surface area contributed by atoms with Gasteiger partial charge in [-0.1, -0.05) is 17.3 Å². The molecule has 1 fully saturated rings. The number of fused-ring (bicyclic) bond motifs is 1. The number of nitrogens with zero attached hydrogens (tertiary/aromatic N) is 4. The highest BCUT2D eigenvalue weighted by Crippen LogP contribution is 2.39. The van der Waals surface area contributed by atoms with Gasteiger partial charge >= 0.3 is 6.08 Å². The first-order valence-electron chi connectivity index (χ1n) is 9.21. The molecular formula is C20H18FN5O2. The summed E-state index contributed by atoms with van der Waals surface area (Å²) in [6, 6.07) is 9.52. The topological polar surface area (TPSA) is 89.9 Å². The molecule has 4 aromatic rings. The number of nitrogens with one attached hydrogen (secondary N) is 1. The zero-order chi connectivity index (χ0) is 19.3. The Morgan fingerprint density at radius 2 is 1.93 bits per heavy atom. The molecule has 3 aromatic heterocycles. The third kappa shape index (κ3) is 3.11. The number of aromatic nitrogens is 4. The summed E-state index contributed by atoms with van der Waals surface area (Å²) in [7, 11) is 0.